The molecule has 6 heteroatoms. The molecule has 1 amide bonds. The first-order valence-electron chi connectivity index (χ1n) is 7.07. The van der Waals surface area contributed by atoms with E-state index in [4.69, 9.17) is 16.3 Å². The lowest BCUT2D eigenvalue weighted by Crippen LogP contribution is -2.50. The standard InChI is InChI=1S/C15H21ClN2O3/c1-11-7-18(8-13(10-19)21-11)9-15(20)17-6-12-4-2-3-5-14(12)16/h2-5,11,13,19H,6-10H2,1H3,(H,17,20). The summed E-state index contributed by atoms with van der Waals surface area (Å²) < 4.78 is 5.55. The highest BCUT2D eigenvalue weighted by Crippen LogP contribution is 2.14. The zero-order chi connectivity index (χ0) is 15.2. The van der Waals surface area contributed by atoms with Gasteiger partial charge >= 0.3 is 0 Å². The molecule has 1 heterocycles. The lowest BCUT2D eigenvalue weighted by atomic mass is 10.2. The molecule has 0 aliphatic carbocycles. The molecule has 2 N–H and O–H groups in total. The zero-order valence-corrected chi connectivity index (χ0v) is 12.8. The molecule has 0 saturated carbocycles. The van der Waals surface area contributed by atoms with E-state index in [1.807, 2.05) is 30.0 Å². The number of nitrogens with zero attached hydrogens (tertiary/aromatic N) is 1. The molecule has 0 bridgehead atoms. The van der Waals surface area contributed by atoms with Gasteiger partial charge in [0.05, 0.1) is 25.4 Å². The van der Waals surface area contributed by atoms with Gasteiger partial charge in [0.25, 0.3) is 0 Å². The topological polar surface area (TPSA) is 61.8 Å². The Labute approximate surface area is 129 Å². The van der Waals surface area contributed by atoms with Crippen LogP contribution >= 0.6 is 11.6 Å². The van der Waals surface area contributed by atoms with Crippen molar-refractivity contribution in [2.24, 2.45) is 0 Å². The van der Waals surface area contributed by atoms with Crippen LogP contribution in [0.4, 0.5) is 0 Å². The second kappa shape index (κ2) is 7.75. The van der Waals surface area contributed by atoms with Gasteiger partial charge in [0.2, 0.25) is 5.91 Å². The van der Waals surface area contributed by atoms with Crippen molar-refractivity contribution in [3.05, 3.63) is 34.9 Å². The third-order valence-corrected chi connectivity index (χ3v) is 3.78. The predicted octanol–water partition coefficient (Wildman–Crippen LogP) is 1.04. The van der Waals surface area contributed by atoms with Crippen molar-refractivity contribution in [1.82, 2.24) is 10.2 Å². The summed E-state index contributed by atoms with van der Waals surface area (Å²) in [5.74, 6) is -0.0549. The fourth-order valence-electron chi connectivity index (χ4n) is 2.47. The third kappa shape index (κ3) is 4.97. The Morgan fingerprint density at radius 2 is 2.24 bits per heavy atom. The highest BCUT2D eigenvalue weighted by molar-refractivity contribution is 6.31. The van der Waals surface area contributed by atoms with Crippen LogP contribution in [0, 0.1) is 0 Å². The summed E-state index contributed by atoms with van der Waals surface area (Å²) in [6, 6.07) is 7.44. The van der Waals surface area contributed by atoms with E-state index in [2.05, 4.69) is 5.32 Å². The number of ether oxygens (including phenoxy) is 1. The number of aliphatic hydroxyl groups is 1. The molecule has 2 rings (SSSR count). The molecular weight excluding hydrogens is 292 g/mol. The van der Waals surface area contributed by atoms with E-state index in [-0.39, 0.29) is 24.7 Å². The number of hydrogen-bond acceptors (Lipinski definition) is 4. The van der Waals surface area contributed by atoms with Crippen molar-refractivity contribution in [2.75, 3.05) is 26.2 Å². The molecule has 21 heavy (non-hydrogen) atoms. The molecule has 2 unspecified atom stereocenters. The lowest BCUT2D eigenvalue weighted by molar-refractivity contribution is -0.128. The maximum atomic E-state index is 12.0. The molecule has 1 aromatic rings. The van der Waals surface area contributed by atoms with Gasteiger partial charge in [0.15, 0.2) is 0 Å². The van der Waals surface area contributed by atoms with Gasteiger partial charge in [-0.3, -0.25) is 9.69 Å². The fraction of sp³-hybridized carbons (Fsp3) is 0.533. The number of halogens is 1. The summed E-state index contributed by atoms with van der Waals surface area (Å²) in [6.45, 7) is 3.89. The van der Waals surface area contributed by atoms with Crippen LogP contribution in [0.3, 0.4) is 0 Å². The molecule has 0 aromatic heterocycles. The van der Waals surface area contributed by atoms with Crippen LogP contribution in [0.2, 0.25) is 5.02 Å². The minimum atomic E-state index is -0.217. The second-order valence-electron chi connectivity index (χ2n) is 5.31. The number of nitrogens with one attached hydrogen (secondary N) is 1. The van der Waals surface area contributed by atoms with Gasteiger partial charge in [-0.15, -0.1) is 0 Å². The SMILES string of the molecule is CC1CN(CC(=O)NCc2ccccc2Cl)CC(CO)O1. The summed E-state index contributed by atoms with van der Waals surface area (Å²) in [5, 5.41) is 12.7. The minimum absolute atomic E-state index is 0.0206. The number of morpholine rings is 1. The van der Waals surface area contributed by atoms with Gasteiger partial charge in [-0.05, 0) is 18.6 Å². The van der Waals surface area contributed by atoms with Crippen LogP contribution in [0.25, 0.3) is 0 Å². The first kappa shape index (κ1) is 16.2. The molecule has 1 fully saturated rings. The van der Waals surface area contributed by atoms with Gasteiger partial charge in [0, 0.05) is 24.7 Å². The first-order chi connectivity index (χ1) is 10.1. The smallest absolute Gasteiger partial charge is 0.234 e. The van der Waals surface area contributed by atoms with Crippen molar-refractivity contribution in [3.8, 4) is 0 Å². The predicted molar refractivity (Wildman–Crippen MR) is 81.2 cm³/mol. The van der Waals surface area contributed by atoms with Crippen LogP contribution in [0.15, 0.2) is 24.3 Å². The maximum Gasteiger partial charge on any atom is 0.234 e. The van der Waals surface area contributed by atoms with Gasteiger partial charge < -0.3 is 15.2 Å². The van der Waals surface area contributed by atoms with Crippen LogP contribution < -0.4 is 5.32 Å². The van der Waals surface area contributed by atoms with E-state index in [1.165, 1.54) is 0 Å². The number of aliphatic hydroxyl groups excluding tert-OH is 1. The average Bonchev–Trinajstić information content (AvgIpc) is 2.45. The quantitative estimate of drug-likeness (QED) is 0.853. The lowest BCUT2D eigenvalue weighted by Gasteiger charge is -2.35. The monoisotopic (exact) mass is 312 g/mol. The summed E-state index contributed by atoms with van der Waals surface area (Å²) in [4.78, 5) is 14.0. The molecule has 2 atom stereocenters. The van der Waals surface area contributed by atoms with Gasteiger partial charge in [-0.1, -0.05) is 29.8 Å². The molecule has 1 saturated heterocycles. The zero-order valence-electron chi connectivity index (χ0n) is 12.1. The maximum absolute atomic E-state index is 12.0. The van der Waals surface area contributed by atoms with Crippen LogP contribution in [-0.2, 0) is 16.1 Å². The summed E-state index contributed by atoms with van der Waals surface area (Å²) in [7, 11) is 0. The van der Waals surface area contributed by atoms with Crippen LogP contribution in [0.5, 0.6) is 0 Å². The number of carbonyl (C=O) groups excluding carboxylic acids is 1. The number of rotatable bonds is 5. The van der Waals surface area contributed by atoms with Crippen LogP contribution in [-0.4, -0.2) is 54.4 Å². The van der Waals surface area contributed by atoms with Gasteiger partial charge in [-0.25, -0.2) is 0 Å². The van der Waals surface area contributed by atoms with Crippen LogP contribution in [0.1, 0.15) is 12.5 Å². The largest absolute Gasteiger partial charge is 0.394 e. The van der Waals surface area contributed by atoms with E-state index in [0.29, 0.717) is 31.2 Å². The van der Waals surface area contributed by atoms with E-state index >= 15 is 0 Å². The molecule has 1 aliphatic heterocycles. The van der Waals surface area contributed by atoms with Crippen molar-refractivity contribution >= 4 is 17.5 Å². The van der Waals surface area contributed by atoms with Gasteiger partial charge in [0.1, 0.15) is 0 Å². The van der Waals surface area contributed by atoms with Crippen molar-refractivity contribution in [3.63, 3.8) is 0 Å². The van der Waals surface area contributed by atoms with Crippen molar-refractivity contribution < 1.29 is 14.6 Å². The molecular formula is C15H21ClN2O3. The number of benzene rings is 1. The highest BCUT2D eigenvalue weighted by atomic mass is 35.5. The Balaban J connectivity index is 1.80. The number of carbonyl (C=O) groups is 1. The second-order valence-corrected chi connectivity index (χ2v) is 5.72. The fourth-order valence-corrected chi connectivity index (χ4v) is 2.67. The van der Waals surface area contributed by atoms with Gasteiger partial charge in [-0.2, -0.15) is 0 Å². The first-order valence-corrected chi connectivity index (χ1v) is 7.45. The molecule has 5 nitrogen and oxygen atoms in total. The van der Waals surface area contributed by atoms with Crippen molar-refractivity contribution in [1.29, 1.82) is 0 Å². The Morgan fingerprint density at radius 3 is 2.95 bits per heavy atom. The summed E-state index contributed by atoms with van der Waals surface area (Å²) >= 11 is 6.05. The van der Waals surface area contributed by atoms with E-state index in [0.717, 1.165) is 5.56 Å². The minimum Gasteiger partial charge on any atom is -0.394 e. The van der Waals surface area contributed by atoms with E-state index in [9.17, 15) is 9.90 Å². The Hall–Kier alpha value is -1.14. The van der Waals surface area contributed by atoms with E-state index < -0.39 is 0 Å². The third-order valence-electron chi connectivity index (χ3n) is 3.41. The number of hydrogen-bond donors (Lipinski definition) is 2. The average molecular weight is 313 g/mol. The Kier molecular flexibility index (Phi) is 5.99. The molecule has 1 aliphatic rings. The molecule has 1 aromatic carbocycles. The molecule has 0 radical (unpaired) electrons. The normalized spacial score (nSPS) is 23.0. The number of amides is 1. The molecule has 0 spiro atoms. The highest BCUT2D eigenvalue weighted by Gasteiger charge is 2.25. The Morgan fingerprint density at radius 1 is 1.48 bits per heavy atom. The summed E-state index contributed by atoms with van der Waals surface area (Å²) in [5.41, 5.74) is 0.899. The van der Waals surface area contributed by atoms with E-state index in [1.54, 1.807) is 6.07 Å². The Bertz CT molecular complexity index is 484. The van der Waals surface area contributed by atoms with Crippen molar-refractivity contribution in [2.45, 2.75) is 25.7 Å². The molecule has 116 valence electrons. The summed E-state index contributed by atoms with van der Waals surface area (Å²) in [6.07, 6.45) is -0.197.